The summed E-state index contributed by atoms with van der Waals surface area (Å²) < 4.78 is 37.4. The molecule has 2 N–H and O–H groups in total. The standard InChI is InChI=1S/C12H15F3N4O/c13-12(14,15)9-2-3-10(17-8-9)18-4-1-5-19(7-6-18)11(16)20/h2-3,8H,1,4-7H2,(H2,16,20). The number of aromatic nitrogens is 1. The summed E-state index contributed by atoms with van der Waals surface area (Å²) in [6, 6.07) is 1.88. The first-order valence-electron chi connectivity index (χ1n) is 6.20. The first-order chi connectivity index (χ1) is 9.38. The quantitative estimate of drug-likeness (QED) is 0.855. The normalized spacial score (nSPS) is 16.9. The van der Waals surface area contributed by atoms with Gasteiger partial charge in [-0.15, -0.1) is 0 Å². The van der Waals surface area contributed by atoms with Crippen LogP contribution in [0.1, 0.15) is 12.0 Å². The molecule has 1 aliphatic heterocycles. The number of amides is 2. The van der Waals surface area contributed by atoms with Crippen molar-refractivity contribution in [2.75, 3.05) is 31.1 Å². The molecule has 0 atom stereocenters. The van der Waals surface area contributed by atoms with E-state index in [2.05, 4.69) is 4.98 Å². The number of alkyl halides is 3. The average molecular weight is 288 g/mol. The number of hydrogen-bond donors (Lipinski definition) is 1. The lowest BCUT2D eigenvalue weighted by Gasteiger charge is -2.22. The molecule has 2 amide bonds. The van der Waals surface area contributed by atoms with Crippen LogP contribution in [0.25, 0.3) is 0 Å². The second-order valence-corrected chi connectivity index (χ2v) is 4.57. The Labute approximate surface area is 114 Å². The number of anilines is 1. The molecule has 8 heteroatoms. The molecule has 0 aliphatic carbocycles. The first-order valence-corrected chi connectivity index (χ1v) is 6.20. The number of halogens is 3. The van der Waals surface area contributed by atoms with Gasteiger partial charge in [-0.1, -0.05) is 0 Å². The number of carbonyl (C=O) groups excluding carboxylic acids is 1. The van der Waals surface area contributed by atoms with E-state index in [0.717, 1.165) is 12.3 Å². The fraction of sp³-hybridized carbons (Fsp3) is 0.500. The minimum absolute atomic E-state index is 0.442. The molecule has 1 fully saturated rings. The van der Waals surface area contributed by atoms with Gasteiger partial charge in [0.15, 0.2) is 0 Å². The van der Waals surface area contributed by atoms with Gasteiger partial charge in [0.05, 0.1) is 5.56 Å². The van der Waals surface area contributed by atoms with Crippen LogP contribution in [-0.4, -0.2) is 42.1 Å². The van der Waals surface area contributed by atoms with E-state index in [1.807, 2.05) is 4.90 Å². The number of hydrogen-bond acceptors (Lipinski definition) is 3. The summed E-state index contributed by atoms with van der Waals surface area (Å²) in [7, 11) is 0. The number of primary amides is 1. The molecule has 0 saturated carbocycles. The largest absolute Gasteiger partial charge is 0.417 e. The Morgan fingerprint density at radius 2 is 1.95 bits per heavy atom. The summed E-state index contributed by atoms with van der Waals surface area (Å²) in [6.45, 7) is 2.12. The molecule has 0 bridgehead atoms. The highest BCUT2D eigenvalue weighted by molar-refractivity contribution is 5.72. The molecule has 1 saturated heterocycles. The summed E-state index contributed by atoms with van der Waals surface area (Å²) in [4.78, 5) is 18.3. The zero-order valence-corrected chi connectivity index (χ0v) is 10.7. The average Bonchev–Trinajstić information content (AvgIpc) is 2.63. The van der Waals surface area contributed by atoms with E-state index in [1.54, 1.807) is 0 Å². The number of nitrogens with two attached hydrogens (primary N) is 1. The Hall–Kier alpha value is -1.99. The third-order valence-electron chi connectivity index (χ3n) is 3.21. The highest BCUT2D eigenvalue weighted by Crippen LogP contribution is 2.29. The lowest BCUT2D eigenvalue weighted by molar-refractivity contribution is -0.137. The zero-order chi connectivity index (χ0) is 14.8. The summed E-state index contributed by atoms with van der Waals surface area (Å²) in [6.07, 6.45) is -2.86. The van der Waals surface area contributed by atoms with Crippen LogP contribution < -0.4 is 10.6 Å². The van der Waals surface area contributed by atoms with Crippen molar-refractivity contribution in [2.45, 2.75) is 12.6 Å². The van der Waals surface area contributed by atoms with Crippen LogP contribution in [0.2, 0.25) is 0 Å². The number of carbonyl (C=O) groups is 1. The van der Waals surface area contributed by atoms with Gasteiger partial charge < -0.3 is 15.5 Å². The number of urea groups is 1. The third kappa shape index (κ3) is 3.31. The van der Waals surface area contributed by atoms with E-state index >= 15 is 0 Å². The van der Waals surface area contributed by atoms with Gasteiger partial charge in [-0.25, -0.2) is 9.78 Å². The van der Waals surface area contributed by atoms with Gasteiger partial charge in [-0.05, 0) is 18.6 Å². The fourth-order valence-corrected chi connectivity index (χ4v) is 2.11. The molecule has 0 radical (unpaired) electrons. The molecule has 1 aliphatic rings. The molecule has 5 nitrogen and oxygen atoms in total. The molecule has 1 aromatic heterocycles. The van der Waals surface area contributed by atoms with E-state index in [4.69, 9.17) is 5.73 Å². The fourth-order valence-electron chi connectivity index (χ4n) is 2.11. The van der Waals surface area contributed by atoms with E-state index in [0.29, 0.717) is 38.4 Å². The van der Waals surface area contributed by atoms with Crippen LogP contribution >= 0.6 is 0 Å². The number of nitrogens with zero attached hydrogens (tertiary/aromatic N) is 3. The lowest BCUT2D eigenvalue weighted by Crippen LogP contribution is -2.38. The van der Waals surface area contributed by atoms with Crippen molar-refractivity contribution in [1.82, 2.24) is 9.88 Å². The van der Waals surface area contributed by atoms with Crippen LogP contribution in [0.4, 0.5) is 23.8 Å². The predicted molar refractivity (Wildman–Crippen MR) is 67.2 cm³/mol. The van der Waals surface area contributed by atoms with Gasteiger partial charge in [0.1, 0.15) is 5.82 Å². The highest BCUT2D eigenvalue weighted by atomic mass is 19.4. The van der Waals surface area contributed by atoms with Crippen molar-refractivity contribution in [3.8, 4) is 0 Å². The minimum atomic E-state index is -4.38. The highest BCUT2D eigenvalue weighted by Gasteiger charge is 2.31. The summed E-state index contributed by atoms with van der Waals surface area (Å²) in [5.74, 6) is 0.476. The molecule has 2 heterocycles. The Bertz CT molecular complexity index is 475. The van der Waals surface area contributed by atoms with Crippen LogP contribution in [0.5, 0.6) is 0 Å². The van der Waals surface area contributed by atoms with E-state index < -0.39 is 17.8 Å². The van der Waals surface area contributed by atoms with Crippen molar-refractivity contribution < 1.29 is 18.0 Å². The Kier molecular flexibility index (Phi) is 4.01. The molecule has 0 unspecified atom stereocenters. The molecule has 0 spiro atoms. The van der Waals surface area contributed by atoms with Crippen molar-refractivity contribution >= 4 is 11.8 Å². The third-order valence-corrected chi connectivity index (χ3v) is 3.21. The van der Waals surface area contributed by atoms with Crippen molar-refractivity contribution in [1.29, 1.82) is 0 Å². The minimum Gasteiger partial charge on any atom is -0.355 e. The van der Waals surface area contributed by atoms with Gasteiger partial charge >= 0.3 is 12.2 Å². The molecule has 0 aromatic carbocycles. The molecular formula is C12H15F3N4O. The maximum absolute atomic E-state index is 12.5. The maximum atomic E-state index is 12.5. The van der Waals surface area contributed by atoms with Crippen LogP contribution in [0.15, 0.2) is 18.3 Å². The van der Waals surface area contributed by atoms with Crippen LogP contribution in [-0.2, 0) is 6.18 Å². The number of rotatable bonds is 1. The predicted octanol–water partition coefficient (Wildman–Crippen LogP) is 1.69. The monoisotopic (exact) mass is 288 g/mol. The Balaban J connectivity index is 2.06. The summed E-state index contributed by atoms with van der Waals surface area (Å²) >= 11 is 0. The van der Waals surface area contributed by atoms with Gasteiger partial charge in [-0.2, -0.15) is 13.2 Å². The lowest BCUT2D eigenvalue weighted by atomic mass is 10.2. The number of pyridine rings is 1. The Morgan fingerprint density at radius 1 is 1.20 bits per heavy atom. The molecule has 110 valence electrons. The van der Waals surface area contributed by atoms with Gasteiger partial charge in [-0.3, -0.25) is 0 Å². The van der Waals surface area contributed by atoms with E-state index in [-0.39, 0.29) is 0 Å². The smallest absolute Gasteiger partial charge is 0.355 e. The van der Waals surface area contributed by atoms with E-state index in [1.165, 1.54) is 11.0 Å². The second-order valence-electron chi connectivity index (χ2n) is 4.57. The van der Waals surface area contributed by atoms with Crippen molar-refractivity contribution in [2.24, 2.45) is 5.73 Å². The van der Waals surface area contributed by atoms with E-state index in [9.17, 15) is 18.0 Å². The molecule has 1 aromatic rings. The summed E-state index contributed by atoms with van der Waals surface area (Å²) in [5.41, 5.74) is 4.45. The van der Waals surface area contributed by atoms with Crippen LogP contribution in [0.3, 0.4) is 0 Å². The summed E-state index contributed by atoms with van der Waals surface area (Å²) in [5, 5.41) is 0. The van der Waals surface area contributed by atoms with Crippen molar-refractivity contribution in [3.05, 3.63) is 23.9 Å². The molecule has 20 heavy (non-hydrogen) atoms. The van der Waals surface area contributed by atoms with Crippen LogP contribution in [0, 0.1) is 0 Å². The zero-order valence-electron chi connectivity index (χ0n) is 10.7. The topological polar surface area (TPSA) is 62.5 Å². The molecule has 2 rings (SSSR count). The Morgan fingerprint density at radius 3 is 2.50 bits per heavy atom. The molecular weight excluding hydrogens is 273 g/mol. The van der Waals surface area contributed by atoms with Gasteiger partial charge in [0, 0.05) is 32.4 Å². The maximum Gasteiger partial charge on any atom is 0.417 e. The van der Waals surface area contributed by atoms with Gasteiger partial charge in [0.25, 0.3) is 0 Å². The van der Waals surface area contributed by atoms with Gasteiger partial charge in [0.2, 0.25) is 0 Å². The van der Waals surface area contributed by atoms with Crippen molar-refractivity contribution in [3.63, 3.8) is 0 Å². The second kappa shape index (κ2) is 5.56. The first kappa shape index (κ1) is 14.4. The SMILES string of the molecule is NC(=O)N1CCCN(c2ccc(C(F)(F)F)cn2)CC1.